The van der Waals surface area contributed by atoms with Gasteiger partial charge in [-0.05, 0) is 30.3 Å². The van der Waals surface area contributed by atoms with Gasteiger partial charge in [-0.1, -0.05) is 42.3 Å². The number of ether oxygens (including phenoxy) is 1. The summed E-state index contributed by atoms with van der Waals surface area (Å²) in [5.41, 5.74) is 0.552. The van der Waals surface area contributed by atoms with Crippen molar-refractivity contribution in [3.63, 3.8) is 0 Å². The van der Waals surface area contributed by atoms with Gasteiger partial charge in [0, 0.05) is 11.4 Å². The molecule has 0 heterocycles. The molecule has 0 bridgehead atoms. The lowest BCUT2D eigenvalue weighted by molar-refractivity contribution is 0.0986. The molecule has 0 radical (unpaired) electrons. The summed E-state index contributed by atoms with van der Waals surface area (Å²) in [6.45, 7) is 1.81. The highest BCUT2D eigenvalue weighted by atomic mass is 35.5. The van der Waals surface area contributed by atoms with E-state index in [2.05, 4.69) is 0 Å². The largest absolute Gasteiger partial charge is 0.455 e. The average molecular weight is 295 g/mol. The van der Waals surface area contributed by atoms with Crippen LogP contribution in [0.5, 0.6) is 11.5 Å². The maximum atomic E-state index is 11.8. The third kappa shape index (κ3) is 3.28. The van der Waals surface area contributed by atoms with E-state index in [0.29, 0.717) is 33.5 Å². The van der Waals surface area contributed by atoms with E-state index < -0.39 is 0 Å². The highest BCUT2D eigenvalue weighted by Gasteiger charge is 2.12. The van der Waals surface area contributed by atoms with Crippen LogP contribution in [0.25, 0.3) is 0 Å². The molecule has 19 heavy (non-hydrogen) atoms. The predicted octanol–water partition coefficient (Wildman–Crippen LogP) is 5.38. The third-order valence-electron chi connectivity index (χ3n) is 2.62. The molecule has 0 spiro atoms. The monoisotopic (exact) mass is 294 g/mol. The lowest BCUT2D eigenvalue weighted by atomic mass is 10.1. The molecular weight excluding hydrogens is 283 g/mol. The number of benzene rings is 2. The second kappa shape index (κ2) is 6.09. The quantitative estimate of drug-likeness (QED) is 0.708. The van der Waals surface area contributed by atoms with Crippen molar-refractivity contribution in [2.45, 2.75) is 13.3 Å². The van der Waals surface area contributed by atoms with Gasteiger partial charge in [0.25, 0.3) is 0 Å². The Hall–Kier alpha value is -1.51. The number of Topliss-reactive ketones (excluding diaryl/α,β-unsaturated/α-hetero) is 1. The number of rotatable bonds is 4. The zero-order chi connectivity index (χ0) is 13.8. The normalized spacial score (nSPS) is 10.3. The SMILES string of the molecule is CCC(=O)c1ccccc1Oc1ccc(Cl)cc1Cl. The fourth-order valence-corrected chi connectivity index (χ4v) is 2.10. The Morgan fingerprint density at radius 3 is 2.53 bits per heavy atom. The Morgan fingerprint density at radius 1 is 1.11 bits per heavy atom. The number of halogens is 2. The van der Waals surface area contributed by atoms with E-state index in [1.807, 2.05) is 13.0 Å². The Morgan fingerprint density at radius 2 is 1.84 bits per heavy atom. The first kappa shape index (κ1) is 13.9. The van der Waals surface area contributed by atoms with Crippen LogP contribution in [0.2, 0.25) is 10.0 Å². The highest BCUT2D eigenvalue weighted by Crippen LogP contribution is 2.33. The summed E-state index contributed by atoms with van der Waals surface area (Å²) in [7, 11) is 0. The zero-order valence-electron chi connectivity index (χ0n) is 10.3. The Bertz CT molecular complexity index is 609. The number of hydrogen-bond acceptors (Lipinski definition) is 2. The molecule has 0 aliphatic carbocycles. The summed E-state index contributed by atoms with van der Waals surface area (Å²) in [4.78, 5) is 11.8. The van der Waals surface area contributed by atoms with Crippen LogP contribution in [0.1, 0.15) is 23.7 Å². The van der Waals surface area contributed by atoms with Gasteiger partial charge in [-0.2, -0.15) is 0 Å². The van der Waals surface area contributed by atoms with Crippen molar-refractivity contribution < 1.29 is 9.53 Å². The molecule has 2 aromatic carbocycles. The van der Waals surface area contributed by atoms with Crippen LogP contribution in [0, 0.1) is 0 Å². The van der Waals surface area contributed by atoms with E-state index in [0.717, 1.165) is 0 Å². The second-order valence-corrected chi connectivity index (χ2v) is 4.79. The summed E-state index contributed by atoms with van der Waals surface area (Å²) >= 11 is 11.9. The standard InChI is InChI=1S/C15H12Cl2O2/c1-2-13(18)11-5-3-4-6-14(11)19-15-8-7-10(16)9-12(15)17/h3-9H,2H2,1H3. The van der Waals surface area contributed by atoms with Gasteiger partial charge in [-0.3, -0.25) is 4.79 Å². The fraction of sp³-hybridized carbons (Fsp3) is 0.133. The molecule has 0 N–H and O–H groups in total. The van der Waals surface area contributed by atoms with Crippen LogP contribution in [0.4, 0.5) is 0 Å². The summed E-state index contributed by atoms with van der Waals surface area (Å²) < 4.78 is 5.71. The maximum absolute atomic E-state index is 11.8. The fourth-order valence-electron chi connectivity index (χ4n) is 1.65. The van der Waals surface area contributed by atoms with Crippen LogP contribution in [-0.4, -0.2) is 5.78 Å². The molecule has 0 amide bonds. The molecule has 98 valence electrons. The van der Waals surface area contributed by atoms with E-state index in [1.54, 1.807) is 36.4 Å². The number of hydrogen-bond donors (Lipinski definition) is 0. The first-order valence-electron chi connectivity index (χ1n) is 5.87. The van der Waals surface area contributed by atoms with E-state index in [9.17, 15) is 4.79 Å². The molecule has 2 aromatic rings. The van der Waals surface area contributed by atoms with Crippen molar-refractivity contribution >= 4 is 29.0 Å². The van der Waals surface area contributed by atoms with Crippen molar-refractivity contribution in [1.29, 1.82) is 0 Å². The summed E-state index contributed by atoms with van der Waals surface area (Å²) in [6, 6.07) is 12.1. The Labute approximate surface area is 121 Å². The molecule has 0 fully saturated rings. The molecule has 0 atom stereocenters. The second-order valence-electron chi connectivity index (χ2n) is 3.95. The zero-order valence-corrected chi connectivity index (χ0v) is 11.8. The van der Waals surface area contributed by atoms with Gasteiger partial charge in [0.2, 0.25) is 0 Å². The van der Waals surface area contributed by atoms with Crippen molar-refractivity contribution in [2.24, 2.45) is 0 Å². The Kier molecular flexibility index (Phi) is 4.46. The maximum Gasteiger partial charge on any atom is 0.166 e. The minimum atomic E-state index is 0.0284. The van der Waals surface area contributed by atoms with Crippen molar-refractivity contribution in [2.75, 3.05) is 0 Å². The first-order chi connectivity index (χ1) is 9.11. The summed E-state index contributed by atoms with van der Waals surface area (Å²) in [5.74, 6) is 1.00. The molecule has 0 aliphatic heterocycles. The van der Waals surface area contributed by atoms with Crippen molar-refractivity contribution in [3.8, 4) is 11.5 Å². The molecular formula is C15H12Cl2O2. The Balaban J connectivity index is 2.35. The molecule has 4 heteroatoms. The van der Waals surface area contributed by atoms with Gasteiger partial charge in [-0.25, -0.2) is 0 Å². The smallest absolute Gasteiger partial charge is 0.166 e. The number of ketones is 1. The van der Waals surface area contributed by atoms with E-state index in [4.69, 9.17) is 27.9 Å². The first-order valence-corrected chi connectivity index (χ1v) is 6.62. The highest BCUT2D eigenvalue weighted by molar-refractivity contribution is 6.35. The van der Waals surface area contributed by atoms with E-state index in [1.165, 1.54) is 0 Å². The lowest BCUT2D eigenvalue weighted by Gasteiger charge is -2.11. The number of para-hydroxylation sites is 1. The minimum absolute atomic E-state index is 0.0284. The van der Waals surface area contributed by atoms with Crippen LogP contribution in [0.15, 0.2) is 42.5 Å². The average Bonchev–Trinajstić information content (AvgIpc) is 2.41. The van der Waals surface area contributed by atoms with Gasteiger partial charge in [-0.15, -0.1) is 0 Å². The van der Waals surface area contributed by atoms with Gasteiger partial charge < -0.3 is 4.74 Å². The van der Waals surface area contributed by atoms with Gasteiger partial charge in [0.15, 0.2) is 5.78 Å². The number of carbonyl (C=O) groups is 1. The van der Waals surface area contributed by atoms with E-state index >= 15 is 0 Å². The minimum Gasteiger partial charge on any atom is -0.455 e. The van der Waals surface area contributed by atoms with Crippen LogP contribution in [-0.2, 0) is 0 Å². The summed E-state index contributed by atoms with van der Waals surface area (Å²) in [5, 5.41) is 0.946. The topological polar surface area (TPSA) is 26.3 Å². The molecule has 0 saturated carbocycles. The molecule has 0 saturated heterocycles. The molecule has 2 rings (SSSR count). The lowest BCUT2D eigenvalue weighted by Crippen LogP contribution is -1.99. The van der Waals surface area contributed by atoms with Gasteiger partial charge in [0.1, 0.15) is 11.5 Å². The van der Waals surface area contributed by atoms with Crippen LogP contribution >= 0.6 is 23.2 Å². The predicted molar refractivity (Wildman–Crippen MR) is 77.6 cm³/mol. The van der Waals surface area contributed by atoms with Crippen LogP contribution in [0.3, 0.4) is 0 Å². The van der Waals surface area contributed by atoms with Crippen LogP contribution < -0.4 is 4.74 Å². The molecule has 2 nitrogen and oxygen atoms in total. The van der Waals surface area contributed by atoms with Gasteiger partial charge >= 0.3 is 0 Å². The van der Waals surface area contributed by atoms with Gasteiger partial charge in [0.05, 0.1) is 10.6 Å². The number of carbonyl (C=O) groups excluding carboxylic acids is 1. The molecule has 0 unspecified atom stereocenters. The third-order valence-corrected chi connectivity index (χ3v) is 3.15. The summed E-state index contributed by atoms with van der Waals surface area (Å²) in [6.07, 6.45) is 0.425. The molecule has 0 aromatic heterocycles. The van der Waals surface area contributed by atoms with E-state index in [-0.39, 0.29) is 5.78 Å². The van der Waals surface area contributed by atoms with Crippen molar-refractivity contribution in [3.05, 3.63) is 58.1 Å². The molecule has 0 aliphatic rings. The van der Waals surface area contributed by atoms with Crippen molar-refractivity contribution in [1.82, 2.24) is 0 Å².